The van der Waals surface area contributed by atoms with Gasteiger partial charge in [-0.15, -0.1) is 0 Å². The van der Waals surface area contributed by atoms with Crippen LogP contribution in [0.1, 0.15) is 16.1 Å². The summed E-state index contributed by atoms with van der Waals surface area (Å²) in [4.78, 5) is 12.9. The predicted octanol–water partition coefficient (Wildman–Crippen LogP) is 3.19. The second kappa shape index (κ2) is 6.69. The highest BCUT2D eigenvalue weighted by atomic mass is 19.1. The van der Waals surface area contributed by atoms with Gasteiger partial charge >= 0.3 is 0 Å². The number of benzene rings is 2. The molecule has 1 N–H and O–H groups in total. The number of rotatable bonds is 4. The van der Waals surface area contributed by atoms with Crippen molar-refractivity contribution < 1.29 is 13.9 Å². The molecule has 0 saturated heterocycles. The van der Waals surface area contributed by atoms with Gasteiger partial charge in [-0.25, -0.2) is 4.39 Å². The van der Waals surface area contributed by atoms with Crippen molar-refractivity contribution in [1.82, 2.24) is 9.88 Å². The number of Topliss-reactive ketones (excluding diaryl/α,β-unsaturated/α-hetero) is 1. The minimum absolute atomic E-state index is 0.0452. The molecular formula is C20H19FN2O2. The van der Waals surface area contributed by atoms with Crippen LogP contribution in [0.3, 0.4) is 0 Å². The highest BCUT2D eigenvalue weighted by Crippen LogP contribution is 2.28. The van der Waals surface area contributed by atoms with E-state index < -0.39 is 0 Å². The van der Waals surface area contributed by atoms with Crippen LogP contribution >= 0.6 is 0 Å². The molecule has 0 spiro atoms. The lowest BCUT2D eigenvalue weighted by Crippen LogP contribution is -2.17. The van der Waals surface area contributed by atoms with Gasteiger partial charge in [-0.1, -0.05) is 18.2 Å². The van der Waals surface area contributed by atoms with E-state index in [1.807, 2.05) is 18.2 Å². The van der Waals surface area contributed by atoms with Crippen molar-refractivity contribution >= 4 is 16.7 Å². The van der Waals surface area contributed by atoms with E-state index in [1.54, 1.807) is 0 Å². The molecule has 128 valence electrons. The van der Waals surface area contributed by atoms with Crippen LogP contribution in [0.4, 0.5) is 4.39 Å². The van der Waals surface area contributed by atoms with Crippen molar-refractivity contribution in [2.45, 2.75) is 13.0 Å². The summed E-state index contributed by atoms with van der Waals surface area (Å²) in [6.45, 7) is 2.54. The first kappa shape index (κ1) is 15.8. The molecule has 4 rings (SSSR count). The van der Waals surface area contributed by atoms with E-state index in [0.717, 1.165) is 48.2 Å². The van der Waals surface area contributed by atoms with Gasteiger partial charge in [0.05, 0.1) is 5.56 Å². The molecule has 4 nitrogen and oxygen atoms in total. The summed E-state index contributed by atoms with van der Waals surface area (Å²) in [5.41, 5.74) is 2.91. The van der Waals surface area contributed by atoms with Gasteiger partial charge in [0.15, 0.2) is 6.61 Å². The third kappa shape index (κ3) is 3.03. The maximum absolute atomic E-state index is 13.0. The Bertz CT molecular complexity index is 915. The Kier molecular flexibility index (Phi) is 4.24. The van der Waals surface area contributed by atoms with E-state index in [2.05, 4.69) is 16.0 Å². The number of ether oxygens (including phenoxy) is 1. The van der Waals surface area contributed by atoms with E-state index in [9.17, 15) is 9.18 Å². The van der Waals surface area contributed by atoms with Crippen LogP contribution in [0.2, 0.25) is 0 Å². The summed E-state index contributed by atoms with van der Waals surface area (Å²) in [5, 5.41) is 4.35. The van der Waals surface area contributed by atoms with Gasteiger partial charge in [-0.05, 0) is 30.3 Å². The van der Waals surface area contributed by atoms with Gasteiger partial charge in [0.1, 0.15) is 11.6 Å². The molecule has 0 saturated carbocycles. The fourth-order valence-corrected chi connectivity index (χ4v) is 3.46. The monoisotopic (exact) mass is 338 g/mol. The van der Waals surface area contributed by atoms with Crippen molar-refractivity contribution in [1.29, 1.82) is 0 Å². The first-order valence-electron chi connectivity index (χ1n) is 8.46. The Labute approximate surface area is 145 Å². The number of carbonyl (C=O) groups excluding carboxylic acids is 1. The Hall–Kier alpha value is -2.66. The second-order valence-electron chi connectivity index (χ2n) is 6.16. The summed E-state index contributed by atoms with van der Waals surface area (Å²) < 4.78 is 20.8. The van der Waals surface area contributed by atoms with E-state index in [-0.39, 0.29) is 18.2 Å². The Morgan fingerprint density at radius 2 is 1.92 bits per heavy atom. The van der Waals surface area contributed by atoms with E-state index >= 15 is 0 Å². The Morgan fingerprint density at radius 3 is 2.76 bits per heavy atom. The number of nitrogens with one attached hydrogen (secondary N) is 1. The molecule has 0 unspecified atom stereocenters. The SMILES string of the molecule is O=C(COc1ccc(F)cc1)c1c2n(c3ccccc13)CCNCC2. The van der Waals surface area contributed by atoms with Crippen molar-refractivity contribution in [3.05, 3.63) is 65.6 Å². The fourth-order valence-electron chi connectivity index (χ4n) is 3.46. The zero-order valence-corrected chi connectivity index (χ0v) is 13.8. The summed E-state index contributed by atoms with van der Waals surface area (Å²) in [6, 6.07) is 13.7. The lowest BCUT2D eigenvalue weighted by molar-refractivity contribution is 0.0922. The van der Waals surface area contributed by atoms with Crippen LogP contribution in [-0.2, 0) is 13.0 Å². The lowest BCUT2D eigenvalue weighted by Gasteiger charge is -2.08. The second-order valence-corrected chi connectivity index (χ2v) is 6.16. The molecule has 2 heterocycles. The van der Waals surface area contributed by atoms with E-state index in [0.29, 0.717) is 5.75 Å². The van der Waals surface area contributed by atoms with Gasteiger partial charge < -0.3 is 14.6 Å². The largest absolute Gasteiger partial charge is 0.485 e. The first-order valence-corrected chi connectivity index (χ1v) is 8.46. The van der Waals surface area contributed by atoms with Crippen molar-refractivity contribution in [3.63, 3.8) is 0 Å². The minimum atomic E-state index is -0.324. The van der Waals surface area contributed by atoms with Gasteiger partial charge in [0.2, 0.25) is 5.78 Å². The number of halogens is 1. The zero-order valence-electron chi connectivity index (χ0n) is 13.8. The lowest BCUT2D eigenvalue weighted by atomic mass is 10.1. The maximum atomic E-state index is 13.0. The molecule has 25 heavy (non-hydrogen) atoms. The molecule has 0 fully saturated rings. The molecule has 0 bridgehead atoms. The average molecular weight is 338 g/mol. The third-order valence-electron chi connectivity index (χ3n) is 4.59. The number of aromatic nitrogens is 1. The van der Waals surface area contributed by atoms with Gasteiger partial charge in [0.25, 0.3) is 0 Å². The average Bonchev–Trinajstić information content (AvgIpc) is 2.78. The van der Waals surface area contributed by atoms with Gasteiger partial charge in [-0.2, -0.15) is 0 Å². The highest BCUT2D eigenvalue weighted by molar-refractivity contribution is 6.10. The van der Waals surface area contributed by atoms with Crippen LogP contribution < -0.4 is 10.1 Å². The van der Waals surface area contributed by atoms with Crippen LogP contribution in [-0.4, -0.2) is 30.0 Å². The molecule has 0 radical (unpaired) electrons. The van der Waals surface area contributed by atoms with Crippen LogP contribution in [0.15, 0.2) is 48.5 Å². The standard InChI is InChI=1S/C20H19FN2O2/c21-14-5-7-15(8-6-14)25-13-19(24)20-16-3-1-2-4-17(16)23-12-11-22-10-9-18(20)23/h1-8,22H,9-13H2. The molecule has 1 aliphatic heterocycles. The van der Waals surface area contributed by atoms with Crippen LogP contribution in [0.5, 0.6) is 5.75 Å². The van der Waals surface area contributed by atoms with Crippen LogP contribution in [0, 0.1) is 5.82 Å². The molecule has 1 aliphatic rings. The van der Waals surface area contributed by atoms with Gasteiger partial charge in [-0.3, -0.25) is 4.79 Å². The quantitative estimate of drug-likeness (QED) is 0.743. The number of nitrogens with zero attached hydrogens (tertiary/aromatic N) is 1. The van der Waals surface area contributed by atoms with E-state index in [1.165, 1.54) is 24.3 Å². The molecule has 2 aromatic carbocycles. The van der Waals surface area contributed by atoms with Crippen molar-refractivity contribution in [3.8, 4) is 5.75 Å². The molecule has 0 atom stereocenters. The number of fused-ring (bicyclic) bond motifs is 3. The predicted molar refractivity (Wildman–Crippen MR) is 94.7 cm³/mol. The Morgan fingerprint density at radius 1 is 1.12 bits per heavy atom. The van der Waals surface area contributed by atoms with Crippen molar-refractivity contribution in [2.75, 3.05) is 19.7 Å². The third-order valence-corrected chi connectivity index (χ3v) is 4.59. The minimum Gasteiger partial charge on any atom is -0.485 e. The molecule has 1 aromatic heterocycles. The molecule has 3 aromatic rings. The summed E-state index contributed by atoms with van der Waals surface area (Å²) in [5.74, 6) is 0.122. The number of ketones is 1. The molecule has 5 heteroatoms. The molecule has 0 aliphatic carbocycles. The summed E-state index contributed by atoms with van der Waals surface area (Å²) in [7, 11) is 0. The Balaban J connectivity index is 1.66. The summed E-state index contributed by atoms with van der Waals surface area (Å²) in [6.07, 6.45) is 0.812. The number of para-hydroxylation sites is 1. The number of hydrogen-bond donors (Lipinski definition) is 1. The van der Waals surface area contributed by atoms with Gasteiger partial charge in [0, 0.05) is 42.7 Å². The summed E-state index contributed by atoms with van der Waals surface area (Å²) >= 11 is 0. The van der Waals surface area contributed by atoms with Crippen LogP contribution in [0.25, 0.3) is 10.9 Å². The van der Waals surface area contributed by atoms with Crippen molar-refractivity contribution in [2.24, 2.45) is 0 Å². The number of carbonyl (C=O) groups is 1. The smallest absolute Gasteiger partial charge is 0.202 e. The normalized spacial score (nSPS) is 14.1. The maximum Gasteiger partial charge on any atom is 0.202 e. The fraction of sp³-hybridized carbons (Fsp3) is 0.250. The topological polar surface area (TPSA) is 43.3 Å². The highest BCUT2D eigenvalue weighted by Gasteiger charge is 2.23. The first-order chi connectivity index (χ1) is 12.2. The molecular weight excluding hydrogens is 319 g/mol. The van der Waals surface area contributed by atoms with E-state index in [4.69, 9.17) is 4.74 Å². The zero-order chi connectivity index (χ0) is 17.2. The number of hydrogen-bond acceptors (Lipinski definition) is 3. The molecule has 0 amide bonds.